The number of morpholine rings is 1. The second kappa shape index (κ2) is 5.62. The molecule has 1 saturated heterocycles. The summed E-state index contributed by atoms with van der Waals surface area (Å²) in [6.07, 6.45) is 1.44. The SMILES string of the molecule is C[C@@H]1COCCN1c1cc(C=S(C)(N)=O)nc(Cl)n1. The molecular formula is C11H17ClN4O2S. The highest BCUT2D eigenvalue weighted by Crippen LogP contribution is 2.19. The molecule has 2 heterocycles. The number of hydrogen-bond donors (Lipinski definition) is 1. The Balaban J connectivity index is 2.39. The fourth-order valence-corrected chi connectivity index (χ4v) is 2.72. The molecule has 106 valence electrons. The lowest BCUT2D eigenvalue weighted by atomic mass is 10.2. The molecule has 0 radical (unpaired) electrons. The quantitative estimate of drug-likeness (QED) is 0.627. The monoisotopic (exact) mass is 304 g/mol. The van der Waals surface area contributed by atoms with Crippen molar-refractivity contribution in [3.05, 3.63) is 17.0 Å². The van der Waals surface area contributed by atoms with Crippen molar-refractivity contribution >= 4 is 32.5 Å². The van der Waals surface area contributed by atoms with Crippen LogP contribution in [0.2, 0.25) is 5.28 Å². The van der Waals surface area contributed by atoms with Crippen molar-refractivity contribution in [3.8, 4) is 0 Å². The van der Waals surface area contributed by atoms with Crippen LogP contribution in [0.5, 0.6) is 0 Å². The van der Waals surface area contributed by atoms with Gasteiger partial charge in [-0.1, -0.05) is 0 Å². The van der Waals surface area contributed by atoms with Crippen LogP contribution in [0.1, 0.15) is 12.6 Å². The average Bonchev–Trinajstić information content (AvgIpc) is 2.26. The molecule has 0 aliphatic carbocycles. The Hall–Kier alpha value is -0.890. The van der Waals surface area contributed by atoms with Crippen molar-refractivity contribution in [2.24, 2.45) is 5.14 Å². The Kier molecular flexibility index (Phi) is 4.29. The lowest BCUT2D eigenvalue weighted by Gasteiger charge is -2.34. The fraction of sp³-hybridized carbons (Fsp3) is 0.545. The minimum absolute atomic E-state index is 0.117. The van der Waals surface area contributed by atoms with Gasteiger partial charge in [0, 0.05) is 33.9 Å². The van der Waals surface area contributed by atoms with Crippen LogP contribution in [0.3, 0.4) is 0 Å². The minimum atomic E-state index is -2.52. The Labute approximate surface area is 118 Å². The van der Waals surface area contributed by atoms with Gasteiger partial charge in [0.15, 0.2) is 0 Å². The van der Waals surface area contributed by atoms with Crippen LogP contribution in [-0.4, -0.2) is 51.6 Å². The van der Waals surface area contributed by atoms with Crippen LogP contribution in [-0.2, 0) is 14.4 Å². The second-order valence-electron chi connectivity index (χ2n) is 4.62. The van der Waals surface area contributed by atoms with Crippen molar-refractivity contribution in [2.75, 3.05) is 30.9 Å². The first kappa shape index (κ1) is 14.5. The highest BCUT2D eigenvalue weighted by molar-refractivity contribution is 7.98. The zero-order valence-corrected chi connectivity index (χ0v) is 12.4. The van der Waals surface area contributed by atoms with E-state index in [9.17, 15) is 4.21 Å². The standard InChI is InChI=1S/C11H17ClN4O2S/c1-8-6-18-4-3-16(8)10-5-9(7-19(2,13)17)14-11(12)15-10/h5,7-8H,3-4,6H2,1-2H3,(H2,13,17)/t8-,19?/m1/s1. The Morgan fingerprint density at radius 1 is 1.63 bits per heavy atom. The number of nitrogens with two attached hydrogens (primary N) is 1. The van der Waals surface area contributed by atoms with E-state index in [1.807, 2.05) is 6.92 Å². The summed E-state index contributed by atoms with van der Waals surface area (Å²) in [5, 5.41) is 7.04. The van der Waals surface area contributed by atoms with Crippen molar-refractivity contribution in [1.29, 1.82) is 0 Å². The van der Waals surface area contributed by atoms with E-state index in [4.69, 9.17) is 21.5 Å². The van der Waals surface area contributed by atoms with Gasteiger partial charge in [-0.05, 0) is 18.5 Å². The molecule has 2 N–H and O–H groups in total. The molecule has 0 amide bonds. The van der Waals surface area contributed by atoms with E-state index >= 15 is 0 Å². The highest BCUT2D eigenvalue weighted by Gasteiger charge is 2.21. The minimum Gasteiger partial charge on any atom is -0.377 e. The van der Waals surface area contributed by atoms with E-state index < -0.39 is 9.71 Å². The van der Waals surface area contributed by atoms with Crippen molar-refractivity contribution < 1.29 is 8.95 Å². The van der Waals surface area contributed by atoms with Crippen molar-refractivity contribution in [3.63, 3.8) is 0 Å². The molecule has 8 heteroatoms. The van der Waals surface area contributed by atoms with Gasteiger partial charge in [0.25, 0.3) is 0 Å². The van der Waals surface area contributed by atoms with Crippen LogP contribution >= 0.6 is 11.6 Å². The molecule has 6 nitrogen and oxygen atoms in total. The zero-order valence-electron chi connectivity index (χ0n) is 10.9. The lowest BCUT2D eigenvalue weighted by Crippen LogP contribution is -2.44. The predicted molar refractivity (Wildman–Crippen MR) is 78.1 cm³/mol. The van der Waals surface area contributed by atoms with E-state index in [2.05, 4.69) is 14.9 Å². The number of ether oxygens (including phenoxy) is 1. The summed E-state index contributed by atoms with van der Waals surface area (Å²) >= 11 is 5.91. The molecule has 1 aromatic rings. The number of anilines is 1. The van der Waals surface area contributed by atoms with Gasteiger partial charge in [0.1, 0.15) is 5.82 Å². The largest absolute Gasteiger partial charge is 0.377 e. The molecular weight excluding hydrogens is 288 g/mol. The fourth-order valence-electron chi connectivity index (χ4n) is 1.94. The molecule has 2 rings (SSSR count). The first-order chi connectivity index (χ1) is 8.85. The van der Waals surface area contributed by atoms with Crippen LogP contribution in [0.25, 0.3) is 0 Å². The van der Waals surface area contributed by atoms with Gasteiger partial charge in [0.05, 0.1) is 24.9 Å². The van der Waals surface area contributed by atoms with Crippen molar-refractivity contribution in [1.82, 2.24) is 9.97 Å². The predicted octanol–water partition coefficient (Wildman–Crippen LogP) is 0.293. The van der Waals surface area contributed by atoms with Gasteiger partial charge < -0.3 is 9.64 Å². The molecule has 1 aliphatic rings. The molecule has 0 spiro atoms. The van der Waals surface area contributed by atoms with Crippen LogP contribution in [0, 0.1) is 0 Å². The van der Waals surface area contributed by atoms with Gasteiger partial charge in [0.2, 0.25) is 5.28 Å². The summed E-state index contributed by atoms with van der Waals surface area (Å²) in [6.45, 7) is 4.07. The number of hydrogen-bond acceptors (Lipinski definition) is 5. The molecule has 0 bridgehead atoms. The maximum Gasteiger partial charge on any atom is 0.224 e. The van der Waals surface area contributed by atoms with Gasteiger partial charge >= 0.3 is 0 Å². The van der Waals surface area contributed by atoms with Crippen molar-refractivity contribution in [2.45, 2.75) is 13.0 Å². The maximum absolute atomic E-state index is 11.6. The Morgan fingerprint density at radius 3 is 3.00 bits per heavy atom. The average molecular weight is 305 g/mol. The van der Waals surface area contributed by atoms with E-state index in [0.29, 0.717) is 24.7 Å². The van der Waals surface area contributed by atoms with Crippen LogP contribution < -0.4 is 10.0 Å². The summed E-state index contributed by atoms with van der Waals surface area (Å²) < 4.78 is 17.0. The van der Waals surface area contributed by atoms with E-state index in [1.165, 1.54) is 11.6 Å². The third-order valence-electron chi connectivity index (χ3n) is 2.72. The highest BCUT2D eigenvalue weighted by atomic mass is 35.5. The molecule has 1 aliphatic heterocycles. The van der Waals surface area contributed by atoms with Gasteiger partial charge in [-0.2, -0.15) is 0 Å². The molecule has 0 aromatic carbocycles. The topological polar surface area (TPSA) is 81.3 Å². The molecule has 19 heavy (non-hydrogen) atoms. The lowest BCUT2D eigenvalue weighted by molar-refractivity contribution is 0.0985. The van der Waals surface area contributed by atoms with Crippen LogP contribution in [0.15, 0.2) is 6.07 Å². The van der Waals surface area contributed by atoms with E-state index in [1.54, 1.807) is 6.07 Å². The number of nitrogens with zero attached hydrogens (tertiary/aromatic N) is 3. The first-order valence-electron chi connectivity index (χ1n) is 5.86. The zero-order chi connectivity index (χ0) is 14.0. The number of rotatable bonds is 2. The smallest absolute Gasteiger partial charge is 0.224 e. The number of halogens is 1. The van der Waals surface area contributed by atoms with E-state index in [0.717, 1.165) is 6.54 Å². The van der Waals surface area contributed by atoms with Gasteiger partial charge in [-0.3, -0.25) is 9.35 Å². The summed E-state index contributed by atoms with van der Waals surface area (Å²) in [5.41, 5.74) is 0.476. The second-order valence-corrected chi connectivity index (χ2v) is 7.13. The normalized spacial score (nSPS) is 22.9. The molecule has 2 atom stereocenters. The summed E-state index contributed by atoms with van der Waals surface area (Å²) in [6, 6.07) is 1.94. The third-order valence-corrected chi connectivity index (χ3v) is 3.60. The summed E-state index contributed by atoms with van der Waals surface area (Å²) in [4.78, 5) is 10.3. The van der Waals surface area contributed by atoms with Gasteiger partial charge in [-0.25, -0.2) is 9.97 Å². The Bertz CT molecular complexity index is 578. The van der Waals surface area contributed by atoms with Crippen LogP contribution in [0.4, 0.5) is 5.82 Å². The third kappa shape index (κ3) is 4.04. The van der Waals surface area contributed by atoms with E-state index in [-0.39, 0.29) is 11.3 Å². The summed E-state index contributed by atoms with van der Waals surface area (Å²) in [7, 11) is -2.52. The maximum atomic E-state index is 11.6. The Morgan fingerprint density at radius 2 is 2.37 bits per heavy atom. The molecule has 0 saturated carbocycles. The number of aromatic nitrogens is 2. The molecule has 1 unspecified atom stereocenters. The molecule has 1 aromatic heterocycles. The first-order valence-corrected chi connectivity index (χ1v) is 8.33. The van der Waals surface area contributed by atoms with Gasteiger partial charge in [-0.15, -0.1) is 0 Å². The summed E-state index contributed by atoms with van der Waals surface area (Å²) in [5.74, 6) is 0.700. The molecule has 1 fully saturated rings.